The Morgan fingerprint density at radius 2 is 1.62 bits per heavy atom. The zero-order chi connectivity index (χ0) is 24.2. The third kappa shape index (κ3) is 8.78. The van der Waals surface area contributed by atoms with Crippen molar-refractivity contribution in [2.45, 2.75) is 74.1 Å². The van der Waals surface area contributed by atoms with E-state index in [1.54, 1.807) is 11.8 Å². The number of nitrogens with one attached hydrogen (secondary N) is 1. The van der Waals surface area contributed by atoms with Crippen LogP contribution in [0.2, 0.25) is 5.02 Å². The van der Waals surface area contributed by atoms with E-state index in [0.29, 0.717) is 0 Å². The van der Waals surface area contributed by atoms with Crippen LogP contribution in [-0.4, -0.2) is 23.8 Å². The van der Waals surface area contributed by atoms with Crippen LogP contribution in [-0.2, 0) is 19.3 Å². The zero-order valence-electron chi connectivity index (χ0n) is 20.5. The number of hydrogen-bond acceptors (Lipinski definition) is 3. The lowest BCUT2D eigenvalue weighted by atomic mass is 9.95. The molecule has 0 radical (unpaired) electrons. The lowest BCUT2D eigenvalue weighted by molar-refractivity contribution is 0.275. The minimum atomic E-state index is 0.235. The van der Waals surface area contributed by atoms with Gasteiger partial charge in [-0.3, -0.25) is 0 Å². The number of benzene rings is 3. The fourth-order valence-corrected chi connectivity index (χ4v) is 5.37. The lowest BCUT2D eigenvalue weighted by Crippen LogP contribution is -2.17. The van der Waals surface area contributed by atoms with Crippen LogP contribution in [0, 0.1) is 0 Å². The van der Waals surface area contributed by atoms with E-state index in [9.17, 15) is 0 Å². The van der Waals surface area contributed by atoms with Crippen LogP contribution in [0.4, 0.5) is 0 Å². The van der Waals surface area contributed by atoms with Gasteiger partial charge >= 0.3 is 0 Å². The molecular weight excluding hydrogens is 458 g/mol. The van der Waals surface area contributed by atoms with Gasteiger partial charge in [0.15, 0.2) is 0 Å². The van der Waals surface area contributed by atoms with Gasteiger partial charge in [-0.25, -0.2) is 0 Å². The summed E-state index contributed by atoms with van der Waals surface area (Å²) >= 11 is 8.33. The smallest absolute Gasteiger partial charge is 0.0449 e. The summed E-state index contributed by atoms with van der Waals surface area (Å²) < 4.78 is 0. The topological polar surface area (TPSA) is 42.2 Å². The van der Waals surface area contributed by atoms with Gasteiger partial charge in [0, 0.05) is 33.5 Å². The van der Waals surface area contributed by atoms with E-state index in [1.807, 2.05) is 6.07 Å². The van der Waals surface area contributed by atoms with Crippen LogP contribution < -0.4 is 5.32 Å². The highest BCUT2D eigenvalue weighted by atomic mass is 35.5. The molecule has 0 saturated carbocycles. The molecule has 4 heteroatoms. The highest BCUT2D eigenvalue weighted by Gasteiger charge is 2.40. The van der Waals surface area contributed by atoms with Crippen molar-refractivity contribution in [1.82, 2.24) is 5.32 Å². The fraction of sp³-hybridized carbons (Fsp3) is 0.400. The van der Waals surface area contributed by atoms with Gasteiger partial charge in [-0.05, 0) is 79.5 Å². The first kappa shape index (κ1) is 26.8. The van der Waals surface area contributed by atoms with E-state index in [2.05, 4.69) is 85.9 Å². The summed E-state index contributed by atoms with van der Waals surface area (Å²) in [6, 6.07) is 25.7. The maximum absolute atomic E-state index is 9.03. The molecule has 1 heterocycles. The number of halogens is 1. The molecule has 3 aromatic rings. The summed E-state index contributed by atoms with van der Waals surface area (Å²) in [4.78, 5) is 2.46. The molecule has 1 aliphatic heterocycles. The number of aryl methyl sites for hydroxylation is 3. The van der Waals surface area contributed by atoms with Gasteiger partial charge in [0.25, 0.3) is 0 Å². The molecule has 34 heavy (non-hydrogen) atoms. The van der Waals surface area contributed by atoms with Crippen molar-refractivity contribution in [3.63, 3.8) is 0 Å². The Morgan fingerprint density at radius 1 is 0.882 bits per heavy atom. The number of hydrogen-bond donors (Lipinski definition) is 2. The van der Waals surface area contributed by atoms with E-state index in [0.717, 1.165) is 50.1 Å². The molecule has 0 spiro atoms. The average molecular weight is 496 g/mol. The quantitative estimate of drug-likeness (QED) is 0.267. The third-order valence-corrected chi connectivity index (χ3v) is 7.64. The first-order valence-corrected chi connectivity index (χ1v) is 13.7. The minimum absolute atomic E-state index is 0.235. The van der Waals surface area contributed by atoms with Crippen molar-refractivity contribution in [2.75, 3.05) is 13.2 Å². The molecule has 182 valence electrons. The predicted molar refractivity (Wildman–Crippen MR) is 147 cm³/mol. The van der Waals surface area contributed by atoms with Gasteiger partial charge in [-0.2, -0.15) is 0 Å². The number of aliphatic hydroxyl groups is 1. The minimum Gasteiger partial charge on any atom is -0.396 e. The summed E-state index contributed by atoms with van der Waals surface area (Å²) in [6.45, 7) is 5.71. The molecular formula is C30H38ClNOS. The maximum atomic E-state index is 9.03. The van der Waals surface area contributed by atoms with Gasteiger partial charge < -0.3 is 10.4 Å². The van der Waals surface area contributed by atoms with E-state index in [1.165, 1.54) is 32.9 Å². The Morgan fingerprint density at radius 3 is 2.24 bits per heavy atom. The Bertz CT molecular complexity index is 1000. The molecule has 0 aliphatic carbocycles. The second-order valence-electron chi connectivity index (χ2n) is 9.05. The van der Waals surface area contributed by atoms with Gasteiger partial charge in [0.05, 0.1) is 0 Å². The van der Waals surface area contributed by atoms with Gasteiger partial charge in [-0.15, -0.1) is 0 Å². The molecule has 0 aromatic heterocycles. The molecule has 1 unspecified atom stereocenters. The predicted octanol–water partition coefficient (Wildman–Crippen LogP) is 7.74. The molecule has 0 bridgehead atoms. The van der Waals surface area contributed by atoms with E-state index < -0.39 is 0 Å². The van der Waals surface area contributed by atoms with E-state index in [4.69, 9.17) is 16.7 Å². The van der Waals surface area contributed by atoms with Crippen molar-refractivity contribution in [3.05, 3.63) is 94.5 Å². The molecule has 1 aliphatic rings. The molecule has 0 amide bonds. The lowest BCUT2D eigenvalue weighted by Gasteiger charge is -2.14. The van der Waals surface area contributed by atoms with Crippen molar-refractivity contribution in [1.29, 1.82) is 0 Å². The molecule has 2 N–H and O–H groups in total. The van der Waals surface area contributed by atoms with Crippen LogP contribution >= 0.6 is 23.4 Å². The normalized spacial score (nSPS) is 16.6. The monoisotopic (exact) mass is 495 g/mol. The molecule has 1 saturated heterocycles. The summed E-state index contributed by atoms with van der Waals surface area (Å²) in [7, 11) is 0. The highest BCUT2D eigenvalue weighted by Crippen LogP contribution is 2.34. The van der Waals surface area contributed by atoms with Crippen molar-refractivity contribution in [3.8, 4) is 0 Å². The second-order valence-corrected chi connectivity index (χ2v) is 10.6. The molecule has 4 rings (SSSR count). The molecule has 2 nitrogen and oxygen atoms in total. The van der Waals surface area contributed by atoms with Crippen molar-refractivity contribution >= 4 is 23.4 Å². The summed E-state index contributed by atoms with van der Waals surface area (Å²) in [5, 5.41) is 13.4. The Balaban J connectivity index is 0.000000343. The average Bonchev–Trinajstić information content (AvgIpc) is 3.64. The first-order chi connectivity index (χ1) is 16.6. The van der Waals surface area contributed by atoms with Crippen LogP contribution in [0.25, 0.3) is 0 Å². The summed E-state index contributed by atoms with van der Waals surface area (Å²) in [6.07, 6.45) is 7.41. The van der Waals surface area contributed by atoms with Crippen molar-refractivity contribution in [2.24, 2.45) is 0 Å². The third-order valence-electron chi connectivity index (χ3n) is 6.31. The van der Waals surface area contributed by atoms with Gasteiger partial charge in [-0.1, -0.05) is 92.2 Å². The van der Waals surface area contributed by atoms with Crippen LogP contribution in [0.3, 0.4) is 0 Å². The molecule has 3 aromatic carbocycles. The number of rotatable bonds is 11. The summed E-state index contributed by atoms with van der Waals surface area (Å²) in [5.74, 6) is 0. The maximum Gasteiger partial charge on any atom is 0.0449 e. The van der Waals surface area contributed by atoms with Crippen LogP contribution in [0.5, 0.6) is 0 Å². The van der Waals surface area contributed by atoms with Crippen molar-refractivity contribution < 1.29 is 5.11 Å². The second kappa shape index (κ2) is 13.9. The molecule has 1 atom stereocenters. The highest BCUT2D eigenvalue weighted by molar-refractivity contribution is 7.99. The van der Waals surface area contributed by atoms with E-state index >= 15 is 0 Å². The SMILES string of the molecule is CCCc1cccc(Sc2ccc(CCC3(CCCO)CN3)c(Cl)c2)c1.CCc1ccccc1. The van der Waals surface area contributed by atoms with Gasteiger partial charge in [0.1, 0.15) is 0 Å². The summed E-state index contributed by atoms with van der Waals surface area (Å²) in [5.41, 5.74) is 4.25. The first-order valence-electron chi connectivity index (χ1n) is 12.5. The zero-order valence-corrected chi connectivity index (χ0v) is 22.1. The Labute approximate surface area is 215 Å². The van der Waals surface area contributed by atoms with Crippen LogP contribution in [0.15, 0.2) is 82.6 Å². The van der Waals surface area contributed by atoms with Crippen LogP contribution in [0.1, 0.15) is 56.2 Å². The molecule has 1 fully saturated rings. The fourth-order valence-electron chi connectivity index (χ4n) is 4.09. The van der Waals surface area contributed by atoms with Gasteiger partial charge in [0.2, 0.25) is 0 Å². The number of aliphatic hydroxyl groups excluding tert-OH is 1. The standard InChI is InChI=1S/C22H28ClNOS.C8H10/c1-2-5-17-6-3-7-19(14-17)26-20-9-8-18(21(23)15-20)10-12-22(16-24-22)11-4-13-25;1-2-8-6-4-3-5-7-8/h3,6-9,14-15,24-25H,2,4-5,10-13,16H2,1H3;3-7H,2H2,1H3. The Hall–Kier alpha value is -1.78. The Kier molecular flexibility index (Phi) is 11.0. The van der Waals surface area contributed by atoms with E-state index in [-0.39, 0.29) is 12.1 Å². The largest absolute Gasteiger partial charge is 0.396 e.